The van der Waals surface area contributed by atoms with Crippen LogP contribution < -0.4 is 5.32 Å². The fraction of sp³-hybridized carbons (Fsp3) is 0.667. The number of aliphatic carboxylic acids is 1. The summed E-state index contributed by atoms with van der Waals surface area (Å²) < 4.78 is 0. The normalized spacial score (nSPS) is 16.0. The minimum Gasteiger partial charge on any atom is -0.481 e. The van der Waals surface area contributed by atoms with Gasteiger partial charge in [-0.05, 0) is 6.42 Å². The molecule has 1 fully saturated rings. The fourth-order valence-corrected chi connectivity index (χ4v) is 2.72. The van der Waals surface area contributed by atoms with Crippen molar-refractivity contribution < 1.29 is 14.7 Å². The number of carboxylic acid groups (broad SMARTS) is 1. The molecule has 9 heteroatoms. The van der Waals surface area contributed by atoms with Crippen molar-refractivity contribution in [3.63, 3.8) is 0 Å². The number of nitrogens with one attached hydrogen (secondary N) is 1. The Morgan fingerprint density at radius 1 is 1.29 bits per heavy atom. The van der Waals surface area contributed by atoms with E-state index in [0.717, 1.165) is 11.4 Å². The molecule has 1 aliphatic rings. The first-order valence-corrected chi connectivity index (χ1v) is 7.72. The second-order valence-corrected chi connectivity index (χ2v) is 5.82. The number of carboxylic acids is 1. The molecule has 0 aromatic carbocycles. The summed E-state index contributed by atoms with van der Waals surface area (Å²) in [6.45, 7) is 5.08. The smallest absolute Gasteiger partial charge is 0.323 e. The lowest BCUT2D eigenvalue weighted by Gasteiger charge is -2.34. The van der Waals surface area contributed by atoms with E-state index in [-0.39, 0.29) is 12.5 Å². The summed E-state index contributed by atoms with van der Waals surface area (Å²) in [5.74, 6) is -0.793. The number of anilines is 1. The van der Waals surface area contributed by atoms with Crippen molar-refractivity contribution in [3.05, 3.63) is 5.01 Å². The molecular formula is C12H19N5O3S. The maximum Gasteiger partial charge on any atom is 0.323 e. The van der Waals surface area contributed by atoms with Crippen molar-refractivity contribution in [2.45, 2.75) is 19.8 Å². The van der Waals surface area contributed by atoms with Gasteiger partial charge in [-0.15, -0.1) is 10.2 Å². The van der Waals surface area contributed by atoms with Gasteiger partial charge in [-0.1, -0.05) is 18.3 Å². The number of aryl methyl sites for hydroxylation is 1. The van der Waals surface area contributed by atoms with Crippen LogP contribution in [0.15, 0.2) is 0 Å². The Balaban J connectivity index is 1.76. The molecule has 8 nitrogen and oxygen atoms in total. The van der Waals surface area contributed by atoms with Crippen LogP contribution in [0.25, 0.3) is 0 Å². The van der Waals surface area contributed by atoms with Gasteiger partial charge in [0.1, 0.15) is 5.01 Å². The molecule has 21 heavy (non-hydrogen) atoms. The highest BCUT2D eigenvalue weighted by atomic mass is 32.1. The lowest BCUT2D eigenvalue weighted by molar-refractivity contribution is -0.137. The Morgan fingerprint density at radius 3 is 2.57 bits per heavy atom. The van der Waals surface area contributed by atoms with Crippen molar-refractivity contribution in [1.82, 2.24) is 20.0 Å². The van der Waals surface area contributed by atoms with Crippen LogP contribution in [-0.4, -0.2) is 69.8 Å². The molecule has 2 rings (SSSR count). The van der Waals surface area contributed by atoms with E-state index in [4.69, 9.17) is 5.11 Å². The number of nitrogens with zero attached hydrogens (tertiary/aromatic N) is 4. The SMILES string of the molecule is CCc1nnc(NC(=O)N2CCN(CCC(=O)O)CC2)s1. The number of carbonyl (C=O) groups excluding carboxylic acids is 1. The topological polar surface area (TPSA) is 98.7 Å². The Kier molecular flexibility index (Phi) is 5.45. The van der Waals surface area contributed by atoms with Crippen LogP contribution >= 0.6 is 11.3 Å². The third-order valence-electron chi connectivity index (χ3n) is 3.28. The van der Waals surface area contributed by atoms with Gasteiger partial charge in [-0.25, -0.2) is 4.79 Å². The zero-order valence-corrected chi connectivity index (χ0v) is 12.7. The van der Waals surface area contributed by atoms with E-state index < -0.39 is 5.97 Å². The van der Waals surface area contributed by atoms with Gasteiger partial charge in [0.2, 0.25) is 5.13 Å². The van der Waals surface area contributed by atoms with E-state index in [9.17, 15) is 9.59 Å². The molecule has 2 heterocycles. The second kappa shape index (κ2) is 7.32. The monoisotopic (exact) mass is 313 g/mol. The average Bonchev–Trinajstić information content (AvgIpc) is 2.93. The van der Waals surface area contributed by atoms with Gasteiger partial charge >= 0.3 is 12.0 Å². The maximum atomic E-state index is 12.1. The molecule has 0 saturated carbocycles. The number of urea groups is 1. The molecule has 0 spiro atoms. The molecule has 2 amide bonds. The lowest BCUT2D eigenvalue weighted by atomic mass is 10.3. The van der Waals surface area contributed by atoms with Gasteiger partial charge in [0.05, 0.1) is 6.42 Å². The molecule has 0 bridgehead atoms. The summed E-state index contributed by atoms with van der Waals surface area (Å²) in [7, 11) is 0. The van der Waals surface area contributed by atoms with E-state index in [1.165, 1.54) is 11.3 Å². The first-order chi connectivity index (χ1) is 10.1. The summed E-state index contributed by atoms with van der Waals surface area (Å²) in [4.78, 5) is 26.4. The predicted molar refractivity (Wildman–Crippen MR) is 78.6 cm³/mol. The van der Waals surface area contributed by atoms with E-state index >= 15 is 0 Å². The molecule has 1 aromatic rings. The molecule has 0 unspecified atom stereocenters. The Bertz CT molecular complexity index is 499. The molecule has 2 N–H and O–H groups in total. The lowest BCUT2D eigenvalue weighted by Crippen LogP contribution is -2.50. The van der Waals surface area contributed by atoms with Crippen molar-refractivity contribution in [3.8, 4) is 0 Å². The average molecular weight is 313 g/mol. The number of hydrogen-bond donors (Lipinski definition) is 2. The predicted octanol–water partition coefficient (Wildman–Crippen LogP) is 0.725. The summed E-state index contributed by atoms with van der Waals surface area (Å²) >= 11 is 1.38. The van der Waals surface area contributed by atoms with Crippen LogP contribution in [0.5, 0.6) is 0 Å². The number of hydrogen-bond acceptors (Lipinski definition) is 6. The molecule has 1 aliphatic heterocycles. The Morgan fingerprint density at radius 2 is 2.00 bits per heavy atom. The molecule has 116 valence electrons. The van der Waals surface area contributed by atoms with Crippen molar-refractivity contribution in [2.24, 2.45) is 0 Å². The summed E-state index contributed by atoms with van der Waals surface area (Å²) in [5, 5.41) is 20.7. The third kappa shape index (κ3) is 4.64. The number of aromatic nitrogens is 2. The molecular weight excluding hydrogens is 294 g/mol. The molecule has 1 saturated heterocycles. The highest BCUT2D eigenvalue weighted by Gasteiger charge is 2.22. The minimum atomic E-state index is -0.793. The van der Waals surface area contributed by atoms with Gasteiger partial charge in [0.25, 0.3) is 0 Å². The number of piperazine rings is 1. The van der Waals surface area contributed by atoms with Crippen molar-refractivity contribution in [2.75, 3.05) is 38.0 Å². The number of carbonyl (C=O) groups is 2. The maximum absolute atomic E-state index is 12.1. The Labute approximate surface area is 126 Å². The van der Waals surface area contributed by atoms with Crippen LogP contribution in [0.4, 0.5) is 9.93 Å². The molecule has 0 aliphatic carbocycles. The van der Waals surface area contributed by atoms with Gasteiger partial charge in [-0.2, -0.15) is 0 Å². The molecule has 1 aromatic heterocycles. The van der Waals surface area contributed by atoms with Gasteiger partial charge in [-0.3, -0.25) is 15.0 Å². The van der Waals surface area contributed by atoms with Crippen LogP contribution in [0, 0.1) is 0 Å². The van der Waals surface area contributed by atoms with Crippen LogP contribution in [0.3, 0.4) is 0 Å². The van der Waals surface area contributed by atoms with Crippen LogP contribution in [-0.2, 0) is 11.2 Å². The zero-order chi connectivity index (χ0) is 15.2. The van der Waals surface area contributed by atoms with Crippen molar-refractivity contribution in [1.29, 1.82) is 0 Å². The number of rotatable bonds is 5. The Hall–Kier alpha value is -1.74. The van der Waals surface area contributed by atoms with Gasteiger partial charge in [0.15, 0.2) is 0 Å². The zero-order valence-electron chi connectivity index (χ0n) is 11.9. The fourth-order valence-electron chi connectivity index (χ4n) is 2.05. The summed E-state index contributed by atoms with van der Waals surface area (Å²) in [6.07, 6.45) is 0.937. The standard InChI is InChI=1S/C12H19N5O3S/c1-2-9-14-15-11(21-9)13-12(20)17-7-5-16(6-8-17)4-3-10(18)19/h2-8H2,1H3,(H,18,19)(H,13,15,20). The number of amides is 2. The van der Waals surface area contributed by atoms with E-state index in [0.29, 0.717) is 37.9 Å². The largest absolute Gasteiger partial charge is 0.481 e. The van der Waals surface area contributed by atoms with E-state index in [1.54, 1.807) is 4.90 Å². The molecule has 0 radical (unpaired) electrons. The summed E-state index contributed by atoms with van der Waals surface area (Å²) in [5.41, 5.74) is 0. The highest BCUT2D eigenvalue weighted by molar-refractivity contribution is 7.15. The quantitative estimate of drug-likeness (QED) is 0.831. The van der Waals surface area contributed by atoms with E-state index in [1.807, 2.05) is 6.92 Å². The highest BCUT2D eigenvalue weighted by Crippen LogP contribution is 2.16. The minimum absolute atomic E-state index is 0.136. The second-order valence-electron chi connectivity index (χ2n) is 4.76. The van der Waals surface area contributed by atoms with Crippen molar-refractivity contribution >= 4 is 28.5 Å². The first-order valence-electron chi connectivity index (χ1n) is 6.91. The first kappa shape index (κ1) is 15.6. The van der Waals surface area contributed by atoms with E-state index in [2.05, 4.69) is 20.4 Å². The third-order valence-corrected chi connectivity index (χ3v) is 4.27. The van der Waals surface area contributed by atoms with Crippen LogP contribution in [0.1, 0.15) is 18.4 Å². The van der Waals surface area contributed by atoms with Crippen LogP contribution in [0.2, 0.25) is 0 Å². The summed E-state index contributed by atoms with van der Waals surface area (Å²) in [6, 6.07) is -0.174. The van der Waals surface area contributed by atoms with Gasteiger partial charge < -0.3 is 10.0 Å². The molecule has 0 atom stereocenters. The van der Waals surface area contributed by atoms with Gasteiger partial charge in [0, 0.05) is 32.7 Å².